The number of para-hydroxylation sites is 1. The second-order valence-electron chi connectivity index (χ2n) is 3.19. The molecule has 0 saturated heterocycles. The quantitative estimate of drug-likeness (QED) is 0.826. The molecule has 0 aromatic heterocycles. The minimum Gasteiger partial charge on any atom is -0.322 e. The van der Waals surface area contributed by atoms with Gasteiger partial charge in [0.05, 0.1) is 0 Å². The molecule has 2 aromatic carbocycles. The summed E-state index contributed by atoms with van der Waals surface area (Å²) in [6.45, 7) is 4.00. The summed E-state index contributed by atoms with van der Waals surface area (Å²) in [7, 11) is 0. The van der Waals surface area contributed by atoms with E-state index in [0.29, 0.717) is 5.56 Å². The second kappa shape index (κ2) is 7.23. The van der Waals surface area contributed by atoms with Gasteiger partial charge in [-0.1, -0.05) is 50.2 Å². The molecule has 0 unspecified atom stereocenters. The first-order valence-electron chi connectivity index (χ1n) is 5.78. The molecule has 0 aliphatic heterocycles. The van der Waals surface area contributed by atoms with Crippen LogP contribution < -0.4 is 5.32 Å². The zero-order valence-electron chi connectivity index (χ0n) is 10.2. The average molecular weight is 227 g/mol. The van der Waals surface area contributed by atoms with E-state index in [2.05, 4.69) is 5.32 Å². The van der Waals surface area contributed by atoms with Crippen molar-refractivity contribution in [2.75, 3.05) is 5.32 Å². The Bertz CT molecular complexity index is 437. The highest BCUT2D eigenvalue weighted by molar-refractivity contribution is 6.04. The van der Waals surface area contributed by atoms with Crippen molar-refractivity contribution in [3.63, 3.8) is 0 Å². The highest BCUT2D eigenvalue weighted by atomic mass is 16.1. The first-order valence-corrected chi connectivity index (χ1v) is 5.78. The molecule has 88 valence electrons. The highest BCUT2D eigenvalue weighted by Gasteiger charge is 2.03. The van der Waals surface area contributed by atoms with Gasteiger partial charge in [0.15, 0.2) is 0 Å². The Morgan fingerprint density at radius 3 is 1.82 bits per heavy atom. The minimum absolute atomic E-state index is 0.0817. The van der Waals surface area contributed by atoms with Crippen LogP contribution in [-0.4, -0.2) is 5.91 Å². The van der Waals surface area contributed by atoms with Crippen LogP contribution in [0.25, 0.3) is 0 Å². The third kappa shape index (κ3) is 4.11. The summed E-state index contributed by atoms with van der Waals surface area (Å²) in [4.78, 5) is 11.7. The van der Waals surface area contributed by atoms with Crippen LogP contribution in [0, 0.1) is 0 Å². The first-order chi connectivity index (χ1) is 8.36. The maximum atomic E-state index is 11.7. The Morgan fingerprint density at radius 2 is 1.29 bits per heavy atom. The Balaban J connectivity index is 0.000000686. The number of hydrogen-bond donors (Lipinski definition) is 1. The van der Waals surface area contributed by atoms with Crippen molar-refractivity contribution in [1.82, 2.24) is 0 Å². The lowest BCUT2D eigenvalue weighted by molar-refractivity contribution is 0.102. The average Bonchev–Trinajstić information content (AvgIpc) is 2.43. The van der Waals surface area contributed by atoms with Crippen molar-refractivity contribution < 1.29 is 4.79 Å². The topological polar surface area (TPSA) is 29.1 Å². The van der Waals surface area contributed by atoms with Crippen molar-refractivity contribution in [3.05, 3.63) is 66.2 Å². The maximum Gasteiger partial charge on any atom is 0.255 e. The van der Waals surface area contributed by atoms with Crippen LogP contribution in [-0.2, 0) is 0 Å². The summed E-state index contributed by atoms with van der Waals surface area (Å²) < 4.78 is 0. The highest BCUT2D eigenvalue weighted by Crippen LogP contribution is 2.07. The predicted molar refractivity (Wildman–Crippen MR) is 72.2 cm³/mol. The zero-order chi connectivity index (χ0) is 12.5. The van der Waals surface area contributed by atoms with Gasteiger partial charge in [-0.05, 0) is 24.3 Å². The van der Waals surface area contributed by atoms with E-state index in [9.17, 15) is 4.79 Å². The number of benzene rings is 2. The molecule has 0 spiro atoms. The summed E-state index contributed by atoms with van der Waals surface area (Å²) >= 11 is 0. The van der Waals surface area contributed by atoms with Crippen molar-refractivity contribution in [3.8, 4) is 0 Å². The van der Waals surface area contributed by atoms with Gasteiger partial charge in [0.25, 0.3) is 5.91 Å². The SMILES string of the molecule is CC.O=C(Nc1ccccc1)c1ccccc1. The Labute approximate surface area is 102 Å². The number of carbonyl (C=O) groups is 1. The Hall–Kier alpha value is -2.09. The smallest absolute Gasteiger partial charge is 0.255 e. The molecule has 0 fully saturated rings. The van der Waals surface area contributed by atoms with Crippen molar-refractivity contribution >= 4 is 11.6 Å². The lowest BCUT2D eigenvalue weighted by Gasteiger charge is -2.03. The third-order valence-corrected chi connectivity index (χ3v) is 2.07. The zero-order valence-corrected chi connectivity index (χ0v) is 10.2. The summed E-state index contributed by atoms with van der Waals surface area (Å²) in [5.74, 6) is -0.0817. The molecule has 2 aromatic rings. The van der Waals surface area contributed by atoms with E-state index in [4.69, 9.17) is 0 Å². The fourth-order valence-electron chi connectivity index (χ4n) is 1.31. The van der Waals surface area contributed by atoms with Crippen molar-refractivity contribution in [2.45, 2.75) is 13.8 Å². The molecule has 2 rings (SSSR count). The Kier molecular flexibility index (Phi) is 5.52. The number of carbonyl (C=O) groups excluding carboxylic acids is 1. The minimum atomic E-state index is -0.0817. The van der Waals surface area contributed by atoms with Gasteiger partial charge in [-0.2, -0.15) is 0 Å². The Morgan fingerprint density at radius 1 is 0.824 bits per heavy atom. The van der Waals surface area contributed by atoms with Crippen LogP contribution in [0.2, 0.25) is 0 Å². The fraction of sp³-hybridized carbons (Fsp3) is 0.133. The molecule has 2 heteroatoms. The molecule has 0 radical (unpaired) electrons. The van der Waals surface area contributed by atoms with Crippen LogP contribution in [0.5, 0.6) is 0 Å². The van der Waals surface area contributed by atoms with E-state index in [1.807, 2.05) is 62.4 Å². The molecule has 0 saturated carbocycles. The first kappa shape index (κ1) is 13.0. The second-order valence-corrected chi connectivity index (χ2v) is 3.19. The molecule has 0 atom stereocenters. The third-order valence-electron chi connectivity index (χ3n) is 2.07. The lowest BCUT2D eigenvalue weighted by atomic mass is 10.2. The van der Waals surface area contributed by atoms with Gasteiger partial charge in [0, 0.05) is 11.3 Å². The molecule has 2 nitrogen and oxygen atoms in total. The number of anilines is 1. The van der Waals surface area contributed by atoms with E-state index in [-0.39, 0.29) is 5.91 Å². The van der Waals surface area contributed by atoms with Gasteiger partial charge in [0.1, 0.15) is 0 Å². The van der Waals surface area contributed by atoms with E-state index in [0.717, 1.165) is 5.69 Å². The van der Waals surface area contributed by atoms with Gasteiger partial charge in [0.2, 0.25) is 0 Å². The molecular weight excluding hydrogens is 210 g/mol. The van der Waals surface area contributed by atoms with Crippen molar-refractivity contribution in [1.29, 1.82) is 0 Å². The molecular formula is C15H17NO. The maximum absolute atomic E-state index is 11.7. The molecule has 0 heterocycles. The lowest BCUT2D eigenvalue weighted by Crippen LogP contribution is -2.11. The molecule has 0 aliphatic carbocycles. The predicted octanol–water partition coefficient (Wildman–Crippen LogP) is 3.97. The van der Waals surface area contributed by atoms with Crippen LogP contribution in [0.4, 0.5) is 5.69 Å². The van der Waals surface area contributed by atoms with Crippen LogP contribution in [0.1, 0.15) is 24.2 Å². The van der Waals surface area contributed by atoms with Crippen LogP contribution in [0.15, 0.2) is 60.7 Å². The summed E-state index contributed by atoms with van der Waals surface area (Å²) in [6.07, 6.45) is 0. The van der Waals surface area contributed by atoms with Gasteiger partial charge < -0.3 is 5.32 Å². The monoisotopic (exact) mass is 227 g/mol. The van der Waals surface area contributed by atoms with E-state index < -0.39 is 0 Å². The van der Waals surface area contributed by atoms with Gasteiger partial charge in [-0.25, -0.2) is 0 Å². The van der Waals surface area contributed by atoms with Crippen LogP contribution in [0.3, 0.4) is 0 Å². The molecule has 1 N–H and O–H groups in total. The molecule has 0 aliphatic rings. The normalized spacial score (nSPS) is 8.82. The molecule has 0 bridgehead atoms. The standard InChI is InChI=1S/C13H11NO.C2H6/c15-13(11-7-3-1-4-8-11)14-12-9-5-2-6-10-12;1-2/h1-10H,(H,14,15);1-2H3. The van der Waals surface area contributed by atoms with E-state index in [1.165, 1.54) is 0 Å². The summed E-state index contributed by atoms with van der Waals surface area (Å²) in [5, 5.41) is 2.82. The largest absolute Gasteiger partial charge is 0.322 e. The fourth-order valence-corrected chi connectivity index (χ4v) is 1.31. The van der Waals surface area contributed by atoms with Gasteiger partial charge >= 0.3 is 0 Å². The van der Waals surface area contributed by atoms with E-state index in [1.54, 1.807) is 12.1 Å². The molecule has 17 heavy (non-hydrogen) atoms. The van der Waals surface area contributed by atoms with Gasteiger partial charge in [-0.3, -0.25) is 4.79 Å². The van der Waals surface area contributed by atoms with Gasteiger partial charge in [-0.15, -0.1) is 0 Å². The number of amides is 1. The van der Waals surface area contributed by atoms with E-state index >= 15 is 0 Å². The summed E-state index contributed by atoms with van der Waals surface area (Å²) in [6, 6.07) is 18.6. The number of nitrogens with one attached hydrogen (secondary N) is 1. The van der Waals surface area contributed by atoms with Crippen LogP contribution >= 0.6 is 0 Å². The number of rotatable bonds is 2. The molecule has 1 amide bonds. The van der Waals surface area contributed by atoms with Crippen molar-refractivity contribution in [2.24, 2.45) is 0 Å². The summed E-state index contributed by atoms with van der Waals surface area (Å²) in [5.41, 5.74) is 1.48. The number of hydrogen-bond acceptors (Lipinski definition) is 1.